The number of halogens is 3. The van der Waals surface area contributed by atoms with E-state index in [4.69, 9.17) is 27.6 Å². The third kappa shape index (κ3) is 4.35. The Labute approximate surface area is 152 Å². The van der Waals surface area contributed by atoms with Crippen LogP contribution in [0, 0.1) is 5.82 Å². The molecule has 25 heavy (non-hydrogen) atoms. The molecule has 128 valence electrons. The number of aromatic nitrogens is 2. The number of aryl methyl sites for hydroxylation is 1. The van der Waals surface area contributed by atoms with Crippen molar-refractivity contribution in [2.24, 2.45) is 0 Å². The van der Waals surface area contributed by atoms with Crippen LogP contribution in [0.1, 0.15) is 12.3 Å². The monoisotopic (exact) mass is 379 g/mol. The highest BCUT2D eigenvalue weighted by atomic mass is 35.5. The molecule has 0 aliphatic heterocycles. The number of nitrogens with zero attached hydrogens (tertiary/aromatic N) is 2. The lowest BCUT2D eigenvalue weighted by molar-refractivity contribution is -0.116. The van der Waals surface area contributed by atoms with Crippen LogP contribution >= 0.6 is 23.2 Å². The standard InChI is InChI=1S/C17H12Cl2FN3O2/c18-12-6-5-10(9-13(12)19)21-15(24)7-8-16-22-23-17(25-16)11-3-1-2-4-14(11)20/h1-6,9H,7-8H2,(H,21,24). The summed E-state index contributed by atoms with van der Waals surface area (Å²) < 4.78 is 19.1. The number of anilines is 1. The maximum atomic E-state index is 13.7. The molecule has 8 heteroatoms. The summed E-state index contributed by atoms with van der Waals surface area (Å²) in [6.45, 7) is 0. The topological polar surface area (TPSA) is 68.0 Å². The zero-order valence-corrected chi connectivity index (χ0v) is 14.3. The summed E-state index contributed by atoms with van der Waals surface area (Å²) >= 11 is 11.7. The van der Waals surface area contributed by atoms with Crippen LogP contribution in [0.2, 0.25) is 10.0 Å². The van der Waals surface area contributed by atoms with Crippen molar-refractivity contribution in [1.82, 2.24) is 10.2 Å². The van der Waals surface area contributed by atoms with E-state index in [2.05, 4.69) is 15.5 Å². The SMILES string of the molecule is O=C(CCc1nnc(-c2ccccc2F)o1)Nc1ccc(Cl)c(Cl)c1. The Morgan fingerprint density at radius 1 is 1.12 bits per heavy atom. The molecule has 0 radical (unpaired) electrons. The first-order valence-corrected chi connectivity index (χ1v) is 8.10. The van der Waals surface area contributed by atoms with E-state index < -0.39 is 5.82 Å². The molecular weight excluding hydrogens is 368 g/mol. The van der Waals surface area contributed by atoms with Crippen molar-refractivity contribution in [2.75, 3.05) is 5.32 Å². The first-order chi connectivity index (χ1) is 12.0. The maximum Gasteiger partial charge on any atom is 0.250 e. The molecule has 0 fully saturated rings. The van der Waals surface area contributed by atoms with Crippen molar-refractivity contribution >= 4 is 34.8 Å². The van der Waals surface area contributed by atoms with Crippen LogP contribution in [-0.2, 0) is 11.2 Å². The molecular formula is C17H12Cl2FN3O2. The Morgan fingerprint density at radius 3 is 2.68 bits per heavy atom. The molecule has 1 amide bonds. The lowest BCUT2D eigenvalue weighted by Crippen LogP contribution is -2.12. The van der Waals surface area contributed by atoms with Crippen molar-refractivity contribution in [3.63, 3.8) is 0 Å². The molecule has 0 unspecified atom stereocenters. The van der Waals surface area contributed by atoms with Crippen LogP contribution in [0.5, 0.6) is 0 Å². The minimum atomic E-state index is -0.449. The minimum Gasteiger partial charge on any atom is -0.421 e. The average molecular weight is 380 g/mol. The van der Waals surface area contributed by atoms with Gasteiger partial charge in [0.1, 0.15) is 5.82 Å². The Hall–Kier alpha value is -2.44. The van der Waals surface area contributed by atoms with Gasteiger partial charge in [-0.1, -0.05) is 35.3 Å². The lowest BCUT2D eigenvalue weighted by Gasteiger charge is -2.05. The van der Waals surface area contributed by atoms with Gasteiger partial charge in [-0.25, -0.2) is 4.39 Å². The van der Waals surface area contributed by atoms with E-state index in [1.54, 1.807) is 36.4 Å². The second-order valence-corrected chi connectivity index (χ2v) is 5.97. The smallest absolute Gasteiger partial charge is 0.250 e. The number of amides is 1. The van der Waals surface area contributed by atoms with Gasteiger partial charge in [0.25, 0.3) is 5.89 Å². The van der Waals surface area contributed by atoms with Gasteiger partial charge in [0, 0.05) is 18.5 Å². The van der Waals surface area contributed by atoms with Gasteiger partial charge in [-0.3, -0.25) is 4.79 Å². The summed E-state index contributed by atoms with van der Waals surface area (Å²) in [5.41, 5.74) is 0.762. The Bertz CT molecular complexity index is 914. The van der Waals surface area contributed by atoms with E-state index in [-0.39, 0.29) is 36.1 Å². The molecule has 3 rings (SSSR count). The highest BCUT2D eigenvalue weighted by Gasteiger charge is 2.13. The first kappa shape index (κ1) is 17.4. The van der Waals surface area contributed by atoms with Gasteiger partial charge < -0.3 is 9.73 Å². The molecule has 0 aliphatic rings. The molecule has 0 aliphatic carbocycles. The molecule has 0 saturated carbocycles. The van der Waals surface area contributed by atoms with Crippen LogP contribution in [0.15, 0.2) is 46.9 Å². The quantitative estimate of drug-likeness (QED) is 0.694. The molecule has 1 heterocycles. The third-order valence-electron chi connectivity index (χ3n) is 3.34. The number of hydrogen-bond acceptors (Lipinski definition) is 4. The van der Waals surface area contributed by atoms with E-state index in [0.717, 1.165) is 0 Å². The normalized spacial score (nSPS) is 10.7. The highest BCUT2D eigenvalue weighted by molar-refractivity contribution is 6.42. The van der Waals surface area contributed by atoms with Crippen LogP contribution < -0.4 is 5.32 Å². The third-order valence-corrected chi connectivity index (χ3v) is 4.08. The van der Waals surface area contributed by atoms with Gasteiger partial charge in [-0.2, -0.15) is 0 Å². The predicted octanol–water partition coefficient (Wildman–Crippen LogP) is 4.75. The van der Waals surface area contributed by atoms with Gasteiger partial charge in [0.05, 0.1) is 15.6 Å². The van der Waals surface area contributed by atoms with E-state index >= 15 is 0 Å². The minimum absolute atomic E-state index is 0.0815. The number of rotatable bonds is 5. The number of benzene rings is 2. The van der Waals surface area contributed by atoms with E-state index in [9.17, 15) is 9.18 Å². The molecule has 2 aromatic carbocycles. The fourth-order valence-electron chi connectivity index (χ4n) is 2.12. The molecule has 0 spiro atoms. The Balaban J connectivity index is 1.59. The van der Waals surface area contributed by atoms with Crippen LogP contribution in [0.4, 0.5) is 10.1 Å². The second-order valence-electron chi connectivity index (χ2n) is 5.16. The Morgan fingerprint density at radius 2 is 1.92 bits per heavy atom. The van der Waals surface area contributed by atoms with E-state index in [1.807, 2.05) is 0 Å². The summed E-state index contributed by atoms with van der Waals surface area (Å²) in [5, 5.41) is 11.1. The Kier molecular flexibility index (Phi) is 5.31. The van der Waals surface area contributed by atoms with E-state index in [1.165, 1.54) is 6.07 Å². The number of carbonyl (C=O) groups excluding carboxylic acids is 1. The molecule has 1 N–H and O–H groups in total. The van der Waals surface area contributed by atoms with Gasteiger partial charge >= 0.3 is 0 Å². The van der Waals surface area contributed by atoms with Crippen LogP contribution in [0.25, 0.3) is 11.5 Å². The molecule has 1 aromatic heterocycles. The summed E-state index contributed by atoms with van der Waals surface area (Å²) in [7, 11) is 0. The van der Waals surface area contributed by atoms with Crippen LogP contribution in [-0.4, -0.2) is 16.1 Å². The second kappa shape index (κ2) is 7.63. The van der Waals surface area contributed by atoms with Crippen molar-refractivity contribution < 1.29 is 13.6 Å². The average Bonchev–Trinajstić information content (AvgIpc) is 3.05. The van der Waals surface area contributed by atoms with Gasteiger partial charge in [0.15, 0.2) is 0 Å². The maximum absolute atomic E-state index is 13.7. The largest absolute Gasteiger partial charge is 0.421 e. The molecule has 3 aromatic rings. The molecule has 0 bridgehead atoms. The summed E-state index contributed by atoms with van der Waals surface area (Å²) in [6, 6.07) is 10.9. The highest BCUT2D eigenvalue weighted by Crippen LogP contribution is 2.25. The van der Waals surface area contributed by atoms with E-state index in [0.29, 0.717) is 15.7 Å². The molecule has 0 saturated heterocycles. The predicted molar refractivity (Wildman–Crippen MR) is 93.1 cm³/mol. The number of carbonyl (C=O) groups is 1. The zero-order valence-electron chi connectivity index (χ0n) is 12.8. The summed E-state index contributed by atoms with van der Waals surface area (Å²) in [4.78, 5) is 12.0. The number of hydrogen-bond donors (Lipinski definition) is 1. The fourth-order valence-corrected chi connectivity index (χ4v) is 2.41. The lowest BCUT2D eigenvalue weighted by atomic mass is 10.2. The van der Waals surface area contributed by atoms with Crippen LogP contribution in [0.3, 0.4) is 0 Å². The van der Waals surface area contributed by atoms with Gasteiger partial charge in [0.2, 0.25) is 11.8 Å². The van der Waals surface area contributed by atoms with Crippen molar-refractivity contribution in [2.45, 2.75) is 12.8 Å². The zero-order chi connectivity index (χ0) is 17.8. The molecule has 5 nitrogen and oxygen atoms in total. The fraction of sp³-hybridized carbons (Fsp3) is 0.118. The van der Waals surface area contributed by atoms with Gasteiger partial charge in [-0.15, -0.1) is 10.2 Å². The molecule has 0 atom stereocenters. The first-order valence-electron chi connectivity index (χ1n) is 7.35. The van der Waals surface area contributed by atoms with Gasteiger partial charge in [-0.05, 0) is 30.3 Å². The summed E-state index contributed by atoms with van der Waals surface area (Å²) in [6.07, 6.45) is 0.355. The van der Waals surface area contributed by atoms with Crippen molar-refractivity contribution in [3.8, 4) is 11.5 Å². The summed E-state index contributed by atoms with van der Waals surface area (Å²) in [5.74, 6) is -0.361. The van der Waals surface area contributed by atoms with Crippen molar-refractivity contribution in [3.05, 3.63) is 64.2 Å². The van der Waals surface area contributed by atoms with Crippen molar-refractivity contribution in [1.29, 1.82) is 0 Å². The number of nitrogens with one attached hydrogen (secondary N) is 1.